The highest BCUT2D eigenvalue weighted by Gasteiger charge is 2.54. The van der Waals surface area contributed by atoms with E-state index in [-0.39, 0.29) is 5.91 Å². The topological polar surface area (TPSA) is 97.0 Å². The van der Waals surface area contributed by atoms with Gasteiger partial charge in [-0.2, -0.15) is 0 Å². The summed E-state index contributed by atoms with van der Waals surface area (Å²) < 4.78 is 10.7. The van der Waals surface area contributed by atoms with E-state index in [1.165, 1.54) is 7.11 Å². The highest BCUT2D eigenvalue weighted by atomic mass is 16.5. The Bertz CT molecular complexity index is 758. The van der Waals surface area contributed by atoms with Crippen molar-refractivity contribution < 1.29 is 23.9 Å². The first-order valence-electron chi connectivity index (χ1n) is 9.19. The summed E-state index contributed by atoms with van der Waals surface area (Å²) in [7, 11) is 1.51. The number of amides is 4. The fourth-order valence-electron chi connectivity index (χ4n) is 3.69. The van der Waals surface area contributed by atoms with Gasteiger partial charge in [-0.1, -0.05) is 12.8 Å². The summed E-state index contributed by atoms with van der Waals surface area (Å²) in [5.41, 5.74) is -0.330. The highest BCUT2D eigenvalue weighted by Crippen LogP contribution is 2.36. The Kier molecular flexibility index (Phi) is 5.25. The molecular weight excluding hydrogens is 350 g/mol. The fourth-order valence-corrected chi connectivity index (χ4v) is 3.69. The third-order valence-corrected chi connectivity index (χ3v) is 5.15. The minimum absolute atomic E-state index is 0.308. The van der Waals surface area contributed by atoms with E-state index >= 15 is 0 Å². The van der Waals surface area contributed by atoms with E-state index in [4.69, 9.17) is 9.47 Å². The molecule has 2 N–H and O–H groups in total. The molecule has 0 radical (unpaired) electrons. The van der Waals surface area contributed by atoms with E-state index in [1.807, 2.05) is 6.92 Å². The number of carbonyl (C=O) groups excluding carboxylic acids is 3. The van der Waals surface area contributed by atoms with Crippen LogP contribution < -0.4 is 20.1 Å². The van der Waals surface area contributed by atoms with Crippen LogP contribution >= 0.6 is 0 Å². The van der Waals surface area contributed by atoms with Crippen molar-refractivity contribution >= 4 is 23.5 Å². The maximum atomic E-state index is 12.8. The first kappa shape index (κ1) is 19.0. The summed E-state index contributed by atoms with van der Waals surface area (Å²) in [5.74, 6) is 0.308. The summed E-state index contributed by atoms with van der Waals surface area (Å²) in [5, 5.41) is 5.52. The maximum Gasteiger partial charge on any atom is 0.325 e. The van der Waals surface area contributed by atoms with E-state index < -0.39 is 23.5 Å². The van der Waals surface area contributed by atoms with Crippen LogP contribution in [0.2, 0.25) is 0 Å². The molecule has 146 valence electrons. The molecule has 1 spiro atoms. The second kappa shape index (κ2) is 7.46. The number of nitrogens with zero attached hydrogens (tertiary/aromatic N) is 1. The predicted octanol–water partition coefficient (Wildman–Crippen LogP) is 2.29. The zero-order valence-corrected chi connectivity index (χ0v) is 15.8. The van der Waals surface area contributed by atoms with Gasteiger partial charge in [0, 0.05) is 11.8 Å². The summed E-state index contributed by atoms with van der Waals surface area (Å²) in [6.07, 6.45) is 3.04. The Hall–Kier alpha value is -2.77. The van der Waals surface area contributed by atoms with E-state index in [9.17, 15) is 14.4 Å². The molecule has 2 fully saturated rings. The first-order valence-corrected chi connectivity index (χ1v) is 9.19. The summed E-state index contributed by atoms with van der Waals surface area (Å²) in [6, 6.07) is 3.59. The largest absolute Gasteiger partial charge is 0.493 e. The molecule has 1 aliphatic carbocycles. The molecule has 8 heteroatoms. The molecule has 1 aromatic carbocycles. The monoisotopic (exact) mass is 375 g/mol. The Balaban J connectivity index is 1.72. The van der Waals surface area contributed by atoms with Crippen molar-refractivity contribution in [1.29, 1.82) is 0 Å². The second-order valence-electron chi connectivity index (χ2n) is 6.86. The number of methoxy groups -OCH3 is 1. The number of hydrogen-bond acceptors (Lipinski definition) is 5. The van der Waals surface area contributed by atoms with Crippen LogP contribution in [0.4, 0.5) is 10.5 Å². The molecule has 2 aliphatic rings. The lowest BCUT2D eigenvalue weighted by atomic mass is 9.97. The van der Waals surface area contributed by atoms with Crippen molar-refractivity contribution in [2.45, 2.75) is 51.1 Å². The van der Waals surface area contributed by atoms with Gasteiger partial charge in [0.05, 0.1) is 13.7 Å². The van der Waals surface area contributed by atoms with Gasteiger partial charge in [-0.05, 0) is 38.8 Å². The van der Waals surface area contributed by atoms with Gasteiger partial charge in [-0.15, -0.1) is 0 Å². The van der Waals surface area contributed by atoms with Gasteiger partial charge in [0.1, 0.15) is 11.6 Å². The van der Waals surface area contributed by atoms with Crippen LogP contribution in [0.1, 0.15) is 39.5 Å². The molecule has 0 aromatic heterocycles. The van der Waals surface area contributed by atoms with E-state index in [1.54, 1.807) is 25.1 Å². The van der Waals surface area contributed by atoms with Gasteiger partial charge in [0.2, 0.25) is 5.91 Å². The van der Waals surface area contributed by atoms with Gasteiger partial charge in [0.15, 0.2) is 11.5 Å². The Morgan fingerprint density at radius 3 is 2.63 bits per heavy atom. The summed E-state index contributed by atoms with van der Waals surface area (Å²) >= 11 is 0. The SMILES string of the molecule is CCOc1ccc(NC(=O)C(C)N2C(=O)NC3(CCCC3)C2=O)cc1OC. The molecule has 27 heavy (non-hydrogen) atoms. The smallest absolute Gasteiger partial charge is 0.325 e. The number of anilines is 1. The normalized spacial score (nSPS) is 19.1. The molecule has 4 amide bonds. The van der Waals surface area contributed by atoms with Gasteiger partial charge in [-0.3, -0.25) is 9.59 Å². The highest BCUT2D eigenvalue weighted by molar-refractivity contribution is 6.11. The number of imide groups is 1. The third-order valence-electron chi connectivity index (χ3n) is 5.15. The standard InChI is InChI=1S/C19H25N3O5/c1-4-27-14-8-7-13(11-15(14)26-3)20-16(23)12(2)22-17(24)19(21-18(22)25)9-5-6-10-19/h7-8,11-12H,4-6,9-10H2,1-3H3,(H,20,23)(H,21,25). The van der Waals surface area contributed by atoms with E-state index in [0.717, 1.165) is 17.7 Å². The minimum atomic E-state index is -0.921. The lowest BCUT2D eigenvalue weighted by Gasteiger charge is -2.23. The van der Waals surface area contributed by atoms with Crippen LogP contribution in [0.3, 0.4) is 0 Å². The first-order chi connectivity index (χ1) is 12.9. The van der Waals surface area contributed by atoms with Crippen molar-refractivity contribution in [2.75, 3.05) is 19.0 Å². The van der Waals surface area contributed by atoms with Crippen molar-refractivity contribution in [3.8, 4) is 11.5 Å². The number of carbonyl (C=O) groups is 3. The quantitative estimate of drug-likeness (QED) is 0.744. The molecule has 8 nitrogen and oxygen atoms in total. The Morgan fingerprint density at radius 2 is 2.00 bits per heavy atom. The van der Waals surface area contributed by atoms with Crippen LogP contribution in [0, 0.1) is 0 Å². The van der Waals surface area contributed by atoms with Crippen LogP contribution in [0.25, 0.3) is 0 Å². The molecule has 0 bridgehead atoms. The molecule has 1 saturated carbocycles. The minimum Gasteiger partial charge on any atom is -0.493 e. The van der Waals surface area contributed by atoms with Gasteiger partial charge in [0.25, 0.3) is 5.91 Å². The summed E-state index contributed by atoms with van der Waals surface area (Å²) in [4.78, 5) is 38.8. The second-order valence-corrected chi connectivity index (χ2v) is 6.86. The Morgan fingerprint density at radius 1 is 1.30 bits per heavy atom. The van der Waals surface area contributed by atoms with Crippen molar-refractivity contribution in [3.05, 3.63) is 18.2 Å². The number of benzene rings is 1. The van der Waals surface area contributed by atoms with Crippen molar-refractivity contribution in [3.63, 3.8) is 0 Å². The lowest BCUT2D eigenvalue weighted by molar-refractivity contribution is -0.136. The van der Waals surface area contributed by atoms with Crippen molar-refractivity contribution in [2.24, 2.45) is 0 Å². The number of nitrogens with one attached hydrogen (secondary N) is 2. The zero-order valence-electron chi connectivity index (χ0n) is 15.8. The van der Waals surface area contributed by atoms with Gasteiger partial charge in [-0.25, -0.2) is 9.69 Å². The van der Waals surface area contributed by atoms with E-state index in [0.29, 0.717) is 36.6 Å². The van der Waals surface area contributed by atoms with Crippen molar-refractivity contribution in [1.82, 2.24) is 10.2 Å². The number of rotatable bonds is 6. The molecule has 1 heterocycles. The van der Waals surface area contributed by atoms with Crippen LogP contribution in [0.15, 0.2) is 18.2 Å². The van der Waals surface area contributed by atoms with Crippen LogP contribution in [0.5, 0.6) is 11.5 Å². The molecule has 1 atom stereocenters. The Labute approximate surface area is 158 Å². The average Bonchev–Trinajstić information content (AvgIpc) is 3.21. The summed E-state index contributed by atoms with van der Waals surface area (Å²) in [6.45, 7) is 3.91. The molecule has 1 saturated heterocycles. The van der Waals surface area contributed by atoms with Crippen LogP contribution in [-0.4, -0.2) is 48.0 Å². The molecular formula is C19H25N3O5. The zero-order chi connectivity index (χ0) is 19.6. The molecule has 1 unspecified atom stereocenters. The molecule has 1 aliphatic heterocycles. The van der Waals surface area contributed by atoms with Gasteiger partial charge >= 0.3 is 6.03 Å². The third kappa shape index (κ3) is 3.43. The fraction of sp³-hybridized carbons (Fsp3) is 0.526. The maximum absolute atomic E-state index is 12.8. The number of hydrogen-bond donors (Lipinski definition) is 2. The number of ether oxygens (including phenoxy) is 2. The number of urea groups is 1. The molecule has 3 rings (SSSR count). The van der Waals surface area contributed by atoms with Gasteiger partial charge < -0.3 is 20.1 Å². The molecule has 1 aromatic rings. The lowest BCUT2D eigenvalue weighted by Crippen LogP contribution is -2.48. The predicted molar refractivity (Wildman–Crippen MR) is 98.8 cm³/mol. The van der Waals surface area contributed by atoms with Crippen LogP contribution in [-0.2, 0) is 9.59 Å². The average molecular weight is 375 g/mol. The van der Waals surface area contributed by atoms with E-state index in [2.05, 4.69) is 10.6 Å².